The van der Waals surface area contributed by atoms with Gasteiger partial charge in [0.25, 0.3) is 5.91 Å². The summed E-state index contributed by atoms with van der Waals surface area (Å²) in [5.41, 5.74) is 1.85. The van der Waals surface area contributed by atoms with Crippen LogP contribution in [0.1, 0.15) is 97.0 Å². The second-order valence-electron chi connectivity index (χ2n) is 11.9. The Morgan fingerprint density at radius 1 is 0.978 bits per heavy atom. The van der Waals surface area contributed by atoms with Gasteiger partial charge in [-0.25, -0.2) is 27.1 Å². The Kier molecular flexibility index (Phi) is 9.63. The molecule has 2 amide bonds. The van der Waals surface area contributed by atoms with Gasteiger partial charge in [0.05, 0.1) is 42.2 Å². The van der Waals surface area contributed by atoms with E-state index < -0.39 is 55.3 Å². The summed E-state index contributed by atoms with van der Waals surface area (Å²) in [7, 11) is 0. The highest BCUT2D eigenvalue weighted by Gasteiger charge is 2.40. The molecule has 0 saturated heterocycles. The lowest BCUT2D eigenvalue weighted by Gasteiger charge is -2.33. The minimum absolute atomic E-state index is 0.0258. The second-order valence-corrected chi connectivity index (χ2v) is 11.9. The Morgan fingerprint density at radius 2 is 1.69 bits per heavy atom. The topological polar surface area (TPSA) is 101 Å². The first-order valence-corrected chi connectivity index (χ1v) is 14.9. The maximum absolute atomic E-state index is 14.0. The molecule has 0 unspecified atom stereocenters. The molecule has 3 heterocycles. The van der Waals surface area contributed by atoms with Gasteiger partial charge in [-0.3, -0.25) is 14.6 Å². The van der Waals surface area contributed by atoms with Crippen LogP contribution in [-0.4, -0.2) is 49.9 Å². The van der Waals surface area contributed by atoms with Crippen molar-refractivity contribution >= 4 is 17.5 Å². The number of nitrogens with zero attached hydrogens (tertiary/aromatic N) is 4. The Hall–Kier alpha value is -3.78. The number of rotatable bonds is 12. The number of hydrogen-bond donors (Lipinski definition) is 2. The molecule has 3 aromatic rings. The first-order chi connectivity index (χ1) is 21.3. The summed E-state index contributed by atoms with van der Waals surface area (Å²) in [5, 5.41) is 9.97. The second kappa shape index (κ2) is 13.3. The predicted octanol–water partition coefficient (Wildman–Crippen LogP) is 6.53. The molecule has 0 aromatic carbocycles. The van der Waals surface area contributed by atoms with E-state index in [0.29, 0.717) is 22.5 Å². The Morgan fingerprint density at radius 3 is 2.36 bits per heavy atom. The summed E-state index contributed by atoms with van der Waals surface area (Å²) in [5.74, 6) is -4.45. The van der Waals surface area contributed by atoms with Gasteiger partial charge >= 0.3 is 6.18 Å². The maximum Gasteiger partial charge on any atom is 0.389 e. The summed E-state index contributed by atoms with van der Waals surface area (Å²) >= 11 is 0. The van der Waals surface area contributed by atoms with E-state index in [0.717, 1.165) is 12.8 Å². The average Bonchev–Trinajstić information content (AvgIpc) is 3.74. The molecule has 2 saturated carbocycles. The number of alkyl halides is 7. The number of aromatic nitrogens is 4. The molecule has 15 heteroatoms. The van der Waals surface area contributed by atoms with Crippen LogP contribution in [0.15, 0.2) is 36.9 Å². The third-order valence-electron chi connectivity index (χ3n) is 8.31. The molecule has 2 aliphatic rings. The smallest absolute Gasteiger partial charge is 0.349 e. The van der Waals surface area contributed by atoms with Gasteiger partial charge in [0.1, 0.15) is 0 Å². The van der Waals surface area contributed by atoms with E-state index in [9.17, 15) is 40.3 Å². The largest absolute Gasteiger partial charge is 0.389 e. The van der Waals surface area contributed by atoms with Crippen molar-refractivity contribution in [3.05, 3.63) is 59.3 Å². The zero-order valence-corrected chi connectivity index (χ0v) is 24.2. The first kappa shape index (κ1) is 32.6. The fourth-order valence-electron chi connectivity index (χ4n) is 5.71. The van der Waals surface area contributed by atoms with Crippen LogP contribution in [0.5, 0.6) is 0 Å². The van der Waals surface area contributed by atoms with Crippen LogP contribution >= 0.6 is 0 Å². The number of carbonyl (C=O) groups excluding carboxylic acids is 2. The molecule has 45 heavy (non-hydrogen) atoms. The van der Waals surface area contributed by atoms with Crippen LogP contribution in [0, 0.1) is 11.8 Å². The van der Waals surface area contributed by atoms with Crippen LogP contribution in [0.25, 0.3) is 5.65 Å². The molecular weight excluding hydrogens is 609 g/mol. The van der Waals surface area contributed by atoms with E-state index in [-0.39, 0.29) is 55.9 Å². The van der Waals surface area contributed by atoms with Gasteiger partial charge < -0.3 is 10.6 Å². The Labute approximate surface area is 254 Å². The van der Waals surface area contributed by atoms with Gasteiger partial charge in [0, 0.05) is 38.1 Å². The van der Waals surface area contributed by atoms with Gasteiger partial charge in [0.15, 0.2) is 5.65 Å². The lowest BCUT2D eigenvalue weighted by Crippen LogP contribution is -2.37. The van der Waals surface area contributed by atoms with Crippen molar-refractivity contribution in [2.24, 2.45) is 11.8 Å². The highest BCUT2D eigenvalue weighted by atomic mass is 19.4. The number of hydrogen-bond acceptors (Lipinski definition) is 5. The van der Waals surface area contributed by atoms with Gasteiger partial charge in [-0.2, -0.15) is 18.3 Å². The summed E-state index contributed by atoms with van der Waals surface area (Å²) in [6.45, 7) is 0. The van der Waals surface area contributed by atoms with Crippen molar-refractivity contribution in [3.8, 4) is 0 Å². The van der Waals surface area contributed by atoms with Crippen LogP contribution in [-0.2, 0) is 11.2 Å². The molecule has 2 fully saturated rings. The minimum Gasteiger partial charge on any atom is -0.349 e. The Balaban J connectivity index is 1.38. The van der Waals surface area contributed by atoms with E-state index in [1.165, 1.54) is 29.2 Å². The zero-order chi connectivity index (χ0) is 32.4. The number of amides is 2. The third-order valence-corrected chi connectivity index (χ3v) is 8.31. The molecule has 3 aromatic heterocycles. The number of fused-ring (bicyclic) bond motifs is 1. The highest BCUT2D eigenvalue weighted by molar-refractivity contribution is 5.94. The molecule has 0 aliphatic heterocycles. The predicted molar refractivity (Wildman–Crippen MR) is 148 cm³/mol. The monoisotopic (exact) mass is 642 g/mol. The van der Waals surface area contributed by atoms with Crippen molar-refractivity contribution in [2.45, 2.75) is 94.8 Å². The SMILES string of the molecule is O=C(CCC(F)(F)F)N[C@@H](c1cnn2cc([C@@H](NC(=O)c3cncc(CCC(F)F)c3)C3CCC(F)(F)CC3)nc2c1)C1CC1. The molecule has 5 rings (SSSR count). The summed E-state index contributed by atoms with van der Waals surface area (Å²) in [6.07, 6.45) is -2.39. The van der Waals surface area contributed by atoms with Gasteiger partial charge in [-0.15, -0.1) is 0 Å². The summed E-state index contributed by atoms with van der Waals surface area (Å²) < 4.78 is 92.8. The van der Waals surface area contributed by atoms with E-state index in [4.69, 9.17) is 0 Å². The number of pyridine rings is 1. The quantitative estimate of drug-likeness (QED) is 0.219. The van der Waals surface area contributed by atoms with Crippen molar-refractivity contribution in [2.75, 3.05) is 0 Å². The molecule has 8 nitrogen and oxygen atoms in total. The number of aryl methyl sites for hydroxylation is 1. The van der Waals surface area contributed by atoms with Gasteiger partial charge in [-0.1, -0.05) is 0 Å². The fraction of sp³-hybridized carbons (Fsp3) is 0.567. The molecule has 0 bridgehead atoms. The molecule has 0 radical (unpaired) electrons. The van der Waals surface area contributed by atoms with E-state index in [1.54, 1.807) is 12.3 Å². The van der Waals surface area contributed by atoms with Crippen molar-refractivity contribution in [1.29, 1.82) is 0 Å². The minimum atomic E-state index is -4.45. The number of carbonyl (C=O) groups is 2. The van der Waals surface area contributed by atoms with E-state index in [1.807, 2.05) is 0 Å². The van der Waals surface area contributed by atoms with Crippen molar-refractivity contribution in [3.63, 3.8) is 0 Å². The van der Waals surface area contributed by atoms with Crippen LogP contribution in [0.2, 0.25) is 0 Å². The van der Waals surface area contributed by atoms with Crippen molar-refractivity contribution in [1.82, 2.24) is 30.2 Å². The highest BCUT2D eigenvalue weighted by Crippen LogP contribution is 2.43. The summed E-state index contributed by atoms with van der Waals surface area (Å²) in [4.78, 5) is 34.3. The summed E-state index contributed by atoms with van der Waals surface area (Å²) in [6, 6.07) is 1.79. The maximum atomic E-state index is 14.0. The zero-order valence-electron chi connectivity index (χ0n) is 24.2. The van der Waals surface area contributed by atoms with Crippen LogP contribution < -0.4 is 10.6 Å². The van der Waals surface area contributed by atoms with E-state index >= 15 is 0 Å². The Bertz CT molecular complexity index is 1500. The van der Waals surface area contributed by atoms with Crippen LogP contribution in [0.4, 0.5) is 30.7 Å². The average molecular weight is 643 g/mol. The molecule has 244 valence electrons. The molecular formula is C30H33F7N6O2. The number of imidazole rings is 1. The molecule has 0 spiro atoms. The lowest BCUT2D eigenvalue weighted by atomic mass is 9.81. The normalized spacial score (nSPS) is 18.6. The van der Waals surface area contributed by atoms with E-state index in [2.05, 4.69) is 25.7 Å². The van der Waals surface area contributed by atoms with Crippen LogP contribution in [0.3, 0.4) is 0 Å². The standard InChI is InChI=1S/C30H33F7N6O2/c31-23(32)4-1-17-11-21(14-38-13-17)28(45)42-27(19-5-8-29(33,34)9-6-19)22-16-43-24(40-22)12-20(15-39-43)26(18-2-3-18)41-25(44)7-10-30(35,36)37/h11-16,18-19,23,26-27H,1-10H2,(H,41,44)(H,42,45)/t26-,27+/m1/s1. The van der Waals surface area contributed by atoms with Gasteiger partial charge in [0.2, 0.25) is 18.3 Å². The molecule has 2 atom stereocenters. The van der Waals surface area contributed by atoms with Gasteiger partial charge in [-0.05, 0) is 67.2 Å². The molecule has 2 aliphatic carbocycles. The first-order valence-electron chi connectivity index (χ1n) is 14.9. The fourth-order valence-corrected chi connectivity index (χ4v) is 5.71. The lowest BCUT2D eigenvalue weighted by molar-refractivity contribution is -0.144. The number of halogens is 7. The van der Waals surface area contributed by atoms with Crippen molar-refractivity contribution < 1.29 is 40.3 Å². The number of nitrogens with one attached hydrogen (secondary N) is 2. The third kappa shape index (κ3) is 8.91. The molecule has 2 N–H and O–H groups in total.